The number of amides is 1. The molecule has 0 aliphatic carbocycles. The van der Waals surface area contributed by atoms with Crippen LogP contribution >= 0.6 is 11.8 Å². The van der Waals surface area contributed by atoms with E-state index >= 15 is 0 Å². The molecule has 2 aromatic heterocycles. The maximum absolute atomic E-state index is 12.3. The van der Waals surface area contributed by atoms with Crippen LogP contribution in [-0.2, 0) is 4.79 Å². The van der Waals surface area contributed by atoms with Crippen molar-refractivity contribution in [3.05, 3.63) is 78.3 Å². The summed E-state index contributed by atoms with van der Waals surface area (Å²) in [5.74, 6) is 1.19. The molecule has 0 aliphatic rings. The lowest BCUT2D eigenvalue weighted by molar-refractivity contribution is -0.119. The molecule has 0 unspecified atom stereocenters. The minimum absolute atomic E-state index is 0.0983. The summed E-state index contributed by atoms with van der Waals surface area (Å²) in [5.41, 5.74) is 4.12. The van der Waals surface area contributed by atoms with Gasteiger partial charge in [0, 0.05) is 0 Å². The summed E-state index contributed by atoms with van der Waals surface area (Å²) in [6, 6.07) is 20.1. The highest BCUT2D eigenvalue weighted by Crippen LogP contribution is 2.26. The van der Waals surface area contributed by atoms with Gasteiger partial charge in [-0.2, -0.15) is 0 Å². The van der Waals surface area contributed by atoms with Gasteiger partial charge in [0.2, 0.25) is 5.91 Å². The third-order valence-corrected chi connectivity index (χ3v) is 5.54. The van der Waals surface area contributed by atoms with Gasteiger partial charge in [-0.25, -0.2) is 0 Å². The summed E-state index contributed by atoms with van der Waals surface area (Å²) < 4.78 is 10.9. The molecule has 6 nitrogen and oxygen atoms in total. The van der Waals surface area contributed by atoms with Crippen LogP contribution in [0.15, 0.2) is 81.0 Å². The average Bonchev–Trinajstić information content (AvgIpc) is 3.41. The van der Waals surface area contributed by atoms with Gasteiger partial charge in [-0.1, -0.05) is 66.4 Å². The zero-order chi connectivity index (χ0) is 20.9. The van der Waals surface area contributed by atoms with Crippen LogP contribution in [-0.4, -0.2) is 21.9 Å². The van der Waals surface area contributed by atoms with Crippen LogP contribution in [0, 0.1) is 6.92 Å². The first-order valence-corrected chi connectivity index (χ1v) is 10.5. The number of aryl methyl sites for hydroxylation is 1. The van der Waals surface area contributed by atoms with E-state index in [1.165, 1.54) is 17.3 Å². The van der Waals surface area contributed by atoms with Crippen molar-refractivity contribution in [2.45, 2.75) is 25.1 Å². The van der Waals surface area contributed by atoms with Crippen molar-refractivity contribution >= 4 is 17.7 Å². The Bertz CT molecular complexity index is 1120. The van der Waals surface area contributed by atoms with Gasteiger partial charge in [-0.15, -0.1) is 10.2 Å². The second-order valence-electron chi connectivity index (χ2n) is 6.83. The van der Waals surface area contributed by atoms with Crippen molar-refractivity contribution in [1.29, 1.82) is 0 Å². The Morgan fingerprint density at radius 3 is 2.47 bits per heavy atom. The van der Waals surface area contributed by atoms with Crippen molar-refractivity contribution in [1.82, 2.24) is 15.5 Å². The van der Waals surface area contributed by atoms with Gasteiger partial charge in [0.05, 0.1) is 23.6 Å². The van der Waals surface area contributed by atoms with Gasteiger partial charge < -0.3 is 14.2 Å². The lowest BCUT2D eigenvalue weighted by Gasteiger charge is -2.14. The predicted molar refractivity (Wildman–Crippen MR) is 116 cm³/mol. The lowest BCUT2D eigenvalue weighted by atomic mass is 10.0. The van der Waals surface area contributed by atoms with Gasteiger partial charge >= 0.3 is 0 Å². The summed E-state index contributed by atoms with van der Waals surface area (Å²) in [5, 5.41) is 11.3. The molecule has 2 aromatic carbocycles. The molecule has 7 heteroatoms. The smallest absolute Gasteiger partial charge is 0.277 e. The van der Waals surface area contributed by atoms with Gasteiger partial charge in [0.25, 0.3) is 11.1 Å². The van der Waals surface area contributed by atoms with Crippen LogP contribution in [0.1, 0.15) is 24.3 Å². The molecule has 152 valence electrons. The monoisotopic (exact) mass is 419 g/mol. The second kappa shape index (κ2) is 9.00. The number of thioether (sulfide) groups is 1. The van der Waals surface area contributed by atoms with Crippen molar-refractivity contribution in [2.75, 3.05) is 5.75 Å². The Kier molecular flexibility index (Phi) is 5.99. The molecule has 0 aliphatic heterocycles. The molecule has 0 saturated heterocycles. The fourth-order valence-corrected chi connectivity index (χ4v) is 3.65. The van der Waals surface area contributed by atoms with Gasteiger partial charge in [0.1, 0.15) is 5.76 Å². The van der Waals surface area contributed by atoms with Gasteiger partial charge in [-0.05, 0) is 36.6 Å². The highest BCUT2D eigenvalue weighted by Gasteiger charge is 2.15. The molecule has 0 fully saturated rings. The third-order valence-electron chi connectivity index (χ3n) is 4.72. The fourth-order valence-electron chi connectivity index (χ4n) is 3.07. The van der Waals surface area contributed by atoms with Gasteiger partial charge in [0.15, 0.2) is 0 Å². The molecule has 2 heterocycles. The molecular weight excluding hydrogens is 398 g/mol. The normalized spacial score (nSPS) is 11.9. The van der Waals surface area contributed by atoms with Crippen LogP contribution in [0.5, 0.6) is 0 Å². The summed E-state index contributed by atoms with van der Waals surface area (Å²) in [6.45, 7) is 3.79. The topological polar surface area (TPSA) is 81.2 Å². The van der Waals surface area contributed by atoms with E-state index in [0.29, 0.717) is 16.9 Å². The van der Waals surface area contributed by atoms with Crippen molar-refractivity contribution in [3.63, 3.8) is 0 Å². The van der Waals surface area contributed by atoms with Crippen molar-refractivity contribution < 1.29 is 13.6 Å². The van der Waals surface area contributed by atoms with Crippen LogP contribution in [0.3, 0.4) is 0 Å². The van der Waals surface area contributed by atoms with Crippen LogP contribution < -0.4 is 5.32 Å². The van der Waals surface area contributed by atoms with Crippen LogP contribution in [0.2, 0.25) is 0 Å². The SMILES string of the molecule is Cc1occc1-c1nnc(SCC(=O)N[C@H](C)c2ccc(-c3ccccc3)cc2)o1. The number of nitrogens with zero attached hydrogens (tertiary/aromatic N) is 2. The minimum atomic E-state index is -0.102. The minimum Gasteiger partial charge on any atom is -0.469 e. The third kappa shape index (κ3) is 4.63. The largest absolute Gasteiger partial charge is 0.469 e. The Labute approximate surface area is 178 Å². The van der Waals surface area contributed by atoms with Crippen molar-refractivity contribution in [3.8, 4) is 22.6 Å². The first-order chi connectivity index (χ1) is 14.6. The molecular formula is C23H21N3O3S. The first-order valence-electron chi connectivity index (χ1n) is 9.55. The molecule has 1 N–H and O–H groups in total. The van der Waals surface area contributed by atoms with E-state index in [9.17, 15) is 4.79 Å². The molecule has 0 saturated carbocycles. The van der Waals surface area contributed by atoms with E-state index in [4.69, 9.17) is 8.83 Å². The summed E-state index contributed by atoms with van der Waals surface area (Å²) >= 11 is 1.21. The quantitative estimate of drug-likeness (QED) is 0.411. The molecule has 1 atom stereocenters. The summed E-state index contributed by atoms with van der Waals surface area (Å²) in [7, 11) is 0. The number of carbonyl (C=O) groups excluding carboxylic acids is 1. The highest BCUT2D eigenvalue weighted by atomic mass is 32.2. The Morgan fingerprint density at radius 1 is 1.03 bits per heavy atom. The molecule has 0 spiro atoms. The second-order valence-corrected chi connectivity index (χ2v) is 7.76. The number of aromatic nitrogens is 2. The summed E-state index contributed by atoms with van der Waals surface area (Å²) in [4.78, 5) is 12.3. The Hall–Kier alpha value is -3.32. The van der Waals surface area contributed by atoms with Crippen LogP contribution in [0.25, 0.3) is 22.6 Å². The van der Waals surface area contributed by atoms with E-state index in [0.717, 1.165) is 16.7 Å². The van der Waals surface area contributed by atoms with E-state index in [-0.39, 0.29) is 17.7 Å². The standard InChI is InChI=1S/C23H21N3O3S/c1-15(17-8-10-19(11-9-17)18-6-4-3-5-7-18)24-21(27)14-30-23-26-25-22(29-23)20-12-13-28-16(20)2/h3-13,15H,14H2,1-2H3,(H,24,27)/t15-/m1/s1. The average molecular weight is 420 g/mol. The van der Waals surface area contributed by atoms with Crippen molar-refractivity contribution in [2.24, 2.45) is 0 Å². The zero-order valence-electron chi connectivity index (χ0n) is 16.7. The number of furan rings is 1. The summed E-state index contributed by atoms with van der Waals surface area (Å²) in [6.07, 6.45) is 1.57. The highest BCUT2D eigenvalue weighted by molar-refractivity contribution is 7.99. The number of carbonyl (C=O) groups is 1. The molecule has 4 rings (SSSR count). The molecule has 0 bridgehead atoms. The van der Waals surface area contributed by atoms with E-state index in [2.05, 4.69) is 39.8 Å². The maximum Gasteiger partial charge on any atom is 0.277 e. The zero-order valence-corrected chi connectivity index (χ0v) is 17.5. The maximum atomic E-state index is 12.3. The lowest BCUT2D eigenvalue weighted by Crippen LogP contribution is -2.28. The van der Waals surface area contributed by atoms with Crippen LogP contribution in [0.4, 0.5) is 0 Å². The van der Waals surface area contributed by atoms with E-state index in [1.807, 2.05) is 44.2 Å². The first kappa shape index (κ1) is 20.0. The predicted octanol–water partition coefficient (Wildman–Crippen LogP) is 5.27. The Morgan fingerprint density at radius 2 is 1.77 bits per heavy atom. The van der Waals surface area contributed by atoms with E-state index in [1.54, 1.807) is 12.3 Å². The number of hydrogen-bond donors (Lipinski definition) is 1. The molecule has 1 amide bonds. The molecule has 0 radical (unpaired) electrons. The number of hydrogen-bond acceptors (Lipinski definition) is 6. The number of benzene rings is 2. The van der Waals surface area contributed by atoms with Gasteiger partial charge in [-0.3, -0.25) is 4.79 Å². The Balaban J connectivity index is 1.31. The number of nitrogens with one attached hydrogen (secondary N) is 1. The fraction of sp³-hybridized carbons (Fsp3) is 0.174. The van der Waals surface area contributed by atoms with E-state index < -0.39 is 0 Å². The number of rotatable bonds is 7. The molecule has 30 heavy (non-hydrogen) atoms. The molecule has 4 aromatic rings.